The fourth-order valence-corrected chi connectivity index (χ4v) is 5.14. The van der Waals surface area contributed by atoms with Crippen LogP contribution in [0.1, 0.15) is 13.3 Å². The lowest BCUT2D eigenvalue weighted by Gasteiger charge is -2.40. The molecule has 0 saturated heterocycles. The Balaban J connectivity index is 3.40. The first-order chi connectivity index (χ1) is 20.2. The highest BCUT2D eigenvalue weighted by Crippen LogP contribution is 2.34. The monoisotopic (exact) mass is 609 g/mol. The van der Waals surface area contributed by atoms with Crippen LogP contribution in [0.25, 0.3) is 0 Å². The van der Waals surface area contributed by atoms with Crippen LogP contribution in [0.15, 0.2) is 23.3 Å². The minimum Gasteiger partial charge on any atom is -0.444 e. The quantitative estimate of drug-likeness (QED) is 0.0294. The van der Waals surface area contributed by atoms with Crippen LogP contribution in [0.2, 0.25) is 0 Å². The van der Waals surface area contributed by atoms with Crippen molar-refractivity contribution in [2.24, 2.45) is 11.8 Å². The number of nitrogens with one attached hydrogen (secondary N) is 2. The topological polar surface area (TPSA) is 253 Å². The van der Waals surface area contributed by atoms with E-state index in [1.54, 1.807) is 6.08 Å². The number of hydrogen-bond donors (Lipinski definition) is 11. The number of nitrogens with zero attached hydrogens (tertiary/aromatic N) is 2. The predicted octanol–water partition coefficient (Wildman–Crippen LogP) is -5.74. The minimum atomic E-state index is -1.48. The molecule has 0 aromatic carbocycles. The fourth-order valence-electron chi connectivity index (χ4n) is 5.14. The lowest BCUT2D eigenvalue weighted by Crippen LogP contribution is -2.58. The summed E-state index contributed by atoms with van der Waals surface area (Å²) >= 11 is 0. The van der Waals surface area contributed by atoms with Gasteiger partial charge in [-0.05, 0) is 23.5 Å². The van der Waals surface area contributed by atoms with Crippen molar-refractivity contribution >= 4 is 5.91 Å². The van der Waals surface area contributed by atoms with Crippen LogP contribution >= 0.6 is 0 Å². The van der Waals surface area contributed by atoms with Crippen LogP contribution in [-0.2, 0) is 4.79 Å². The third-order valence-corrected chi connectivity index (χ3v) is 7.46. The van der Waals surface area contributed by atoms with Crippen LogP contribution in [0.3, 0.4) is 0 Å². The van der Waals surface area contributed by atoms with Crippen molar-refractivity contribution in [1.82, 2.24) is 20.4 Å². The molecule has 1 aliphatic carbocycles. The summed E-state index contributed by atoms with van der Waals surface area (Å²) in [7, 11) is 0. The van der Waals surface area contributed by atoms with Crippen LogP contribution in [0.4, 0.5) is 0 Å². The molecule has 13 N–H and O–H groups in total. The van der Waals surface area contributed by atoms with Gasteiger partial charge in [0, 0.05) is 32.7 Å². The van der Waals surface area contributed by atoms with Gasteiger partial charge in [0.1, 0.15) is 6.23 Å². The average Bonchev–Trinajstić information content (AvgIpc) is 3.00. The molecule has 0 heterocycles. The normalized spacial score (nSPS) is 21.0. The van der Waals surface area contributed by atoms with Crippen molar-refractivity contribution < 1.29 is 55.9 Å². The van der Waals surface area contributed by atoms with Crippen LogP contribution < -0.4 is 10.6 Å². The summed E-state index contributed by atoms with van der Waals surface area (Å²) in [6.45, 7) is -0.648. The van der Waals surface area contributed by atoms with E-state index < -0.39 is 74.7 Å². The van der Waals surface area contributed by atoms with Crippen molar-refractivity contribution in [2.45, 2.75) is 43.9 Å². The molecule has 0 fully saturated rings. The zero-order valence-electron chi connectivity index (χ0n) is 24.4. The third-order valence-electron chi connectivity index (χ3n) is 7.46. The van der Waals surface area contributed by atoms with Crippen molar-refractivity contribution in [1.29, 1.82) is 0 Å². The number of allylic oxidation sites excluding steroid dienone is 1. The van der Waals surface area contributed by atoms with E-state index in [1.807, 2.05) is 6.92 Å². The summed E-state index contributed by atoms with van der Waals surface area (Å²) in [5, 5.41) is 104. The number of rotatable bonds is 23. The van der Waals surface area contributed by atoms with E-state index in [2.05, 4.69) is 10.6 Å². The molecule has 7 unspecified atom stereocenters. The van der Waals surface area contributed by atoms with Gasteiger partial charge in [-0.15, -0.1) is 0 Å². The summed E-state index contributed by atoms with van der Waals surface area (Å²) in [4.78, 5) is 16.6. The summed E-state index contributed by atoms with van der Waals surface area (Å²) in [5.41, 5.74) is 0.530. The molecule has 1 rings (SSSR count). The zero-order chi connectivity index (χ0) is 31.7. The summed E-state index contributed by atoms with van der Waals surface area (Å²) in [5.74, 6) is -1.74. The molecule has 0 saturated carbocycles. The second-order valence-electron chi connectivity index (χ2n) is 10.2. The Morgan fingerprint density at radius 3 is 2.17 bits per heavy atom. The van der Waals surface area contributed by atoms with Crippen LogP contribution in [0.5, 0.6) is 0 Å². The molecule has 0 aromatic heterocycles. The molecular formula is C27H53N4O11+. The molecule has 0 bridgehead atoms. The molecule has 1 amide bonds. The van der Waals surface area contributed by atoms with E-state index in [0.717, 1.165) is 0 Å². The molecule has 7 atom stereocenters. The van der Waals surface area contributed by atoms with Gasteiger partial charge in [0.25, 0.3) is 0 Å². The molecule has 0 aliphatic heterocycles. The molecular weight excluding hydrogens is 556 g/mol. The van der Waals surface area contributed by atoms with E-state index in [0.29, 0.717) is 12.0 Å². The Labute approximate surface area is 247 Å². The summed E-state index contributed by atoms with van der Waals surface area (Å²) in [6.07, 6.45) is -0.387. The Morgan fingerprint density at radius 1 is 0.952 bits per heavy atom. The van der Waals surface area contributed by atoms with Crippen LogP contribution in [0, 0.1) is 11.8 Å². The number of carbonyl (C=O) groups is 1. The van der Waals surface area contributed by atoms with Gasteiger partial charge in [0.05, 0.1) is 76.4 Å². The molecule has 0 radical (unpaired) electrons. The van der Waals surface area contributed by atoms with Crippen molar-refractivity contribution in [3.05, 3.63) is 23.3 Å². The first-order valence-electron chi connectivity index (χ1n) is 14.4. The lowest BCUT2D eigenvalue weighted by molar-refractivity contribution is -0.140. The second-order valence-corrected chi connectivity index (χ2v) is 10.2. The van der Waals surface area contributed by atoms with E-state index in [9.17, 15) is 45.6 Å². The molecule has 246 valence electrons. The average molecular weight is 610 g/mol. The second kappa shape index (κ2) is 21.2. The van der Waals surface area contributed by atoms with Crippen molar-refractivity contribution in [3.8, 4) is 0 Å². The Morgan fingerprint density at radius 2 is 1.64 bits per heavy atom. The molecule has 0 aromatic rings. The maximum atomic E-state index is 14.0. The summed E-state index contributed by atoms with van der Waals surface area (Å²) in [6, 6.07) is -1.69. The van der Waals surface area contributed by atoms with Gasteiger partial charge < -0.3 is 66.6 Å². The predicted molar refractivity (Wildman–Crippen MR) is 154 cm³/mol. The van der Waals surface area contributed by atoms with Crippen molar-refractivity contribution in [3.63, 3.8) is 0 Å². The number of hydrogen-bond acceptors (Lipinski definition) is 13. The number of carbonyl (C=O) groups excluding carboxylic acids is 1. The molecule has 1 aliphatic rings. The standard InChI is InChI=1S/C27H52N4O11/c1-2-18-11-19(15-36)21(26(41)30(5-9-34)14-25(40)24(39)13-28-3-7-32)12-20(18)27(42)31(6-10-35)23(17-38)22(16-37)29-4-8-33/h11-12,18,20,22-26,28-29,32-41H,2-10,13-17H2,1H3/p+1. The van der Waals surface area contributed by atoms with Gasteiger partial charge in [-0.1, -0.05) is 19.1 Å². The van der Waals surface area contributed by atoms with E-state index in [1.165, 1.54) is 15.9 Å². The van der Waals surface area contributed by atoms with E-state index in [4.69, 9.17) is 10.2 Å². The first kappa shape index (κ1) is 38.5. The maximum absolute atomic E-state index is 14.0. The summed E-state index contributed by atoms with van der Waals surface area (Å²) < 4.78 is 0. The molecule has 0 spiro atoms. The van der Waals surface area contributed by atoms with Gasteiger partial charge in [-0.25, -0.2) is 0 Å². The third kappa shape index (κ3) is 11.2. The highest BCUT2D eigenvalue weighted by atomic mass is 16.3. The number of amides is 1. The fraction of sp³-hybridized carbons (Fsp3) is 0.815. The maximum Gasteiger partial charge on any atom is 0.230 e. The van der Waals surface area contributed by atoms with Crippen molar-refractivity contribution in [2.75, 3.05) is 85.5 Å². The Hall–Kier alpha value is -1.57. The zero-order valence-corrected chi connectivity index (χ0v) is 24.4. The largest absolute Gasteiger partial charge is 0.444 e. The number of aliphatic hydroxyl groups excluding tert-OH is 9. The highest BCUT2D eigenvalue weighted by molar-refractivity contribution is 5.82. The van der Waals surface area contributed by atoms with Gasteiger partial charge in [-0.3, -0.25) is 9.69 Å². The highest BCUT2D eigenvalue weighted by Gasteiger charge is 2.39. The molecule has 15 heteroatoms. The Bertz CT molecular complexity index is 819. The van der Waals surface area contributed by atoms with Gasteiger partial charge in [-0.2, -0.15) is 0 Å². The number of aliphatic hydroxyl groups is 9. The van der Waals surface area contributed by atoms with E-state index in [-0.39, 0.29) is 64.7 Å². The van der Waals surface area contributed by atoms with Gasteiger partial charge >= 0.3 is 0 Å². The van der Waals surface area contributed by atoms with Gasteiger partial charge in [0.2, 0.25) is 5.91 Å². The van der Waals surface area contributed by atoms with Crippen LogP contribution in [-0.4, -0.2) is 183 Å². The van der Waals surface area contributed by atoms with E-state index >= 15 is 0 Å². The molecule has 15 nitrogen and oxygen atoms in total. The SMILES string of the molecule is CCC1C=C(CO)C(C(O)N(CCO)CC(O)C(O)CNCCO)=CC1C(=O)N(CC[OH2+])C(CO)C(CO)NCCO. The smallest absolute Gasteiger partial charge is 0.230 e. The molecule has 42 heavy (non-hydrogen) atoms. The lowest BCUT2D eigenvalue weighted by atomic mass is 9.79. The van der Waals surface area contributed by atoms with Gasteiger partial charge in [0.15, 0.2) is 6.61 Å². The minimum absolute atomic E-state index is 0.0239. The first-order valence-corrected chi connectivity index (χ1v) is 14.4. The Kier molecular flexibility index (Phi) is 19.4.